The van der Waals surface area contributed by atoms with Crippen LogP contribution in [0.15, 0.2) is 54.6 Å². The fourth-order valence-electron chi connectivity index (χ4n) is 3.59. The summed E-state index contributed by atoms with van der Waals surface area (Å²) in [4.78, 5) is 14.8. The molecular weight excluding hydrogens is 350 g/mol. The van der Waals surface area contributed by atoms with Gasteiger partial charge in [-0.05, 0) is 49.5 Å². The van der Waals surface area contributed by atoms with Gasteiger partial charge in [-0.1, -0.05) is 54.6 Å². The zero-order valence-electron chi connectivity index (χ0n) is 16.7. The Kier molecular flexibility index (Phi) is 7.88. The summed E-state index contributed by atoms with van der Waals surface area (Å²) in [7, 11) is 0. The molecule has 0 saturated carbocycles. The molecular formula is C23H31N3O2. The van der Waals surface area contributed by atoms with Gasteiger partial charge in [0, 0.05) is 19.7 Å². The maximum absolute atomic E-state index is 12.3. The van der Waals surface area contributed by atoms with Crippen molar-refractivity contribution in [3.8, 4) is 0 Å². The van der Waals surface area contributed by atoms with Crippen LogP contribution in [0.5, 0.6) is 0 Å². The van der Waals surface area contributed by atoms with Crippen LogP contribution in [-0.2, 0) is 17.9 Å². The summed E-state index contributed by atoms with van der Waals surface area (Å²) in [5.41, 5.74) is 3.48. The predicted octanol–water partition coefficient (Wildman–Crippen LogP) is 3.86. The zero-order chi connectivity index (χ0) is 19.6. The van der Waals surface area contributed by atoms with E-state index in [1.807, 2.05) is 37.3 Å². The van der Waals surface area contributed by atoms with E-state index < -0.39 is 0 Å². The van der Waals surface area contributed by atoms with Crippen LogP contribution in [0.1, 0.15) is 42.5 Å². The zero-order valence-corrected chi connectivity index (χ0v) is 16.7. The molecule has 0 spiro atoms. The van der Waals surface area contributed by atoms with Gasteiger partial charge in [-0.3, -0.25) is 4.90 Å². The highest BCUT2D eigenvalue weighted by Gasteiger charge is 2.23. The number of carbonyl (C=O) groups excluding carboxylic acids is 1. The Balaban J connectivity index is 1.48. The van der Waals surface area contributed by atoms with E-state index in [1.165, 1.54) is 18.4 Å². The minimum atomic E-state index is -0.126. The van der Waals surface area contributed by atoms with E-state index in [-0.39, 0.29) is 12.1 Å². The first kappa shape index (κ1) is 20.4. The maximum atomic E-state index is 12.3. The molecule has 1 saturated heterocycles. The molecule has 150 valence electrons. The molecule has 1 unspecified atom stereocenters. The van der Waals surface area contributed by atoms with Crippen LogP contribution in [0.25, 0.3) is 0 Å². The Morgan fingerprint density at radius 2 is 1.68 bits per heavy atom. The lowest BCUT2D eigenvalue weighted by Crippen LogP contribution is -2.41. The highest BCUT2D eigenvalue weighted by atomic mass is 16.5. The number of urea groups is 1. The summed E-state index contributed by atoms with van der Waals surface area (Å²) < 4.78 is 5.41. The van der Waals surface area contributed by atoms with Gasteiger partial charge in [-0.2, -0.15) is 0 Å². The van der Waals surface area contributed by atoms with Crippen LogP contribution in [0, 0.1) is 0 Å². The topological polar surface area (TPSA) is 53.6 Å². The van der Waals surface area contributed by atoms with Crippen LogP contribution in [0.2, 0.25) is 0 Å². The second-order valence-corrected chi connectivity index (χ2v) is 7.19. The molecule has 2 N–H and O–H groups in total. The molecule has 1 aliphatic rings. The van der Waals surface area contributed by atoms with Crippen molar-refractivity contribution < 1.29 is 9.53 Å². The molecule has 5 nitrogen and oxygen atoms in total. The van der Waals surface area contributed by atoms with Gasteiger partial charge in [0.15, 0.2) is 0 Å². The van der Waals surface area contributed by atoms with E-state index in [2.05, 4.69) is 39.8 Å². The van der Waals surface area contributed by atoms with Gasteiger partial charge in [-0.25, -0.2) is 4.79 Å². The third-order valence-corrected chi connectivity index (χ3v) is 5.17. The number of likely N-dealkylation sites (tertiary alicyclic amines) is 1. The molecule has 1 heterocycles. The lowest BCUT2D eigenvalue weighted by atomic mass is 10.1. The first-order valence-electron chi connectivity index (χ1n) is 10.2. The van der Waals surface area contributed by atoms with Crippen LogP contribution in [0.3, 0.4) is 0 Å². The first-order valence-corrected chi connectivity index (χ1v) is 10.2. The third-order valence-electron chi connectivity index (χ3n) is 5.17. The Morgan fingerprint density at radius 1 is 1.00 bits per heavy atom. The van der Waals surface area contributed by atoms with Crippen molar-refractivity contribution in [2.24, 2.45) is 0 Å². The average Bonchev–Trinajstić information content (AvgIpc) is 3.27. The van der Waals surface area contributed by atoms with Gasteiger partial charge >= 0.3 is 6.03 Å². The van der Waals surface area contributed by atoms with Gasteiger partial charge in [0.25, 0.3) is 0 Å². The summed E-state index contributed by atoms with van der Waals surface area (Å²) in [6.45, 7) is 6.65. The molecule has 0 aromatic heterocycles. The average molecular weight is 382 g/mol. The van der Waals surface area contributed by atoms with Crippen molar-refractivity contribution >= 4 is 6.03 Å². The molecule has 0 radical (unpaired) electrons. The summed E-state index contributed by atoms with van der Waals surface area (Å²) in [5.74, 6) is 0. The smallest absolute Gasteiger partial charge is 0.315 e. The molecule has 0 bridgehead atoms. The minimum absolute atomic E-state index is 0.126. The predicted molar refractivity (Wildman–Crippen MR) is 112 cm³/mol. The van der Waals surface area contributed by atoms with E-state index >= 15 is 0 Å². The molecule has 1 atom stereocenters. The molecule has 28 heavy (non-hydrogen) atoms. The van der Waals surface area contributed by atoms with E-state index in [0.717, 1.165) is 24.2 Å². The van der Waals surface area contributed by atoms with Crippen molar-refractivity contribution in [3.05, 3.63) is 71.3 Å². The standard InChI is InChI=1S/C23H31N3O2/c1-2-28-18-20-12-10-19(11-13-20)16-24-23(27)25-17-22(26-14-6-7-15-26)21-8-4-3-5-9-21/h3-5,8-13,22H,2,6-7,14-18H2,1H3,(H2,24,25,27). The number of rotatable bonds is 9. The number of nitrogens with zero attached hydrogens (tertiary/aromatic N) is 1. The van der Waals surface area contributed by atoms with E-state index in [4.69, 9.17) is 4.74 Å². The largest absolute Gasteiger partial charge is 0.377 e. The molecule has 1 aliphatic heterocycles. The number of amides is 2. The Labute approximate surface area is 168 Å². The summed E-state index contributed by atoms with van der Waals surface area (Å²) >= 11 is 0. The number of ether oxygens (including phenoxy) is 1. The molecule has 3 rings (SSSR count). The highest BCUT2D eigenvalue weighted by Crippen LogP contribution is 2.24. The third kappa shape index (κ3) is 6.08. The van der Waals surface area contributed by atoms with Gasteiger partial charge in [-0.15, -0.1) is 0 Å². The minimum Gasteiger partial charge on any atom is -0.377 e. The van der Waals surface area contributed by atoms with Gasteiger partial charge in [0.05, 0.1) is 12.6 Å². The van der Waals surface area contributed by atoms with Crippen LogP contribution in [0.4, 0.5) is 4.79 Å². The molecule has 0 aliphatic carbocycles. The van der Waals surface area contributed by atoms with Gasteiger partial charge in [0.1, 0.15) is 0 Å². The summed E-state index contributed by atoms with van der Waals surface area (Å²) in [6.07, 6.45) is 2.46. The molecule has 2 aromatic rings. The number of carbonyl (C=O) groups is 1. The van der Waals surface area contributed by atoms with E-state index in [9.17, 15) is 4.79 Å². The lowest BCUT2D eigenvalue weighted by Gasteiger charge is -2.28. The number of hydrogen-bond acceptors (Lipinski definition) is 3. The Bertz CT molecular complexity index is 712. The van der Waals surface area contributed by atoms with Gasteiger partial charge < -0.3 is 15.4 Å². The SMILES string of the molecule is CCOCc1ccc(CNC(=O)NCC(c2ccccc2)N2CCCC2)cc1. The number of benzene rings is 2. The lowest BCUT2D eigenvalue weighted by molar-refractivity contribution is 0.134. The molecule has 2 amide bonds. The van der Waals surface area contributed by atoms with E-state index in [1.54, 1.807) is 0 Å². The highest BCUT2D eigenvalue weighted by molar-refractivity contribution is 5.73. The molecule has 5 heteroatoms. The number of hydrogen-bond donors (Lipinski definition) is 2. The maximum Gasteiger partial charge on any atom is 0.315 e. The van der Waals surface area contributed by atoms with Crippen LogP contribution in [-0.4, -0.2) is 37.2 Å². The van der Waals surface area contributed by atoms with Crippen molar-refractivity contribution in [3.63, 3.8) is 0 Å². The monoisotopic (exact) mass is 381 g/mol. The van der Waals surface area contributed by atoms with Crippen molar-refractivity contribution in [1.29, 1.82) is 0 Å². The van der Waals surface area contributed by atoms with Crippen LogP contribution < -0.4 is 10.6 Å². The van der Waals surface area contributed by atoms with Crippen molar-refractivity contribution in [2.75, 3.05) is 26.2 Å². The Hall–Kier alpha value is -2.37. The van der Waals surface area contributed by atoms with Crippen molar-refractivity contribution in [1.82, 2.24) is 15.5 Å². The van der Waals surface area contributed by atoms with Crippen molar-refractivity contribution in [2.45, 2.75) is 39.0 Å². The normalized spacial score (nSPS) is 15.3. The first-order chi connectivity index (χ1) is 13.8. The fraction of sp³-hybridized carbons (Fsp3) is 0.435. The fourth-order valence-corrected chi connectivity index (χ4v) is 3.59. The quantitative estimate of drug-likeness (QED) is 0.693. The Morgan fingerprint density at radius 3 is 2.36 bits per heavy atom. The van der Waals surface area contributed by atoms with Crippen LogP contribution >= 0.6 is 0 Å². The summed E-state index contributed by atoms with van der Waals surface area (Å²) in [6, 6.07) is 18.7. The summed E-state index contributed by atoms with van der Waals surface area (Å²) in [5, 5.41) is 6.02. The number of nitrogens with one attached hydrogen (secondary N) is 2. The van der Waals surface area contributed by atoms with E-state index in [0.29, 0.717) is 26.3 Å². The molecule has 2 aromatic carbocycles. The second kappa shape index (κ2) is 10.8. The molecule has 1 fully saturated rings. The second-order valence-electron chi connectivity index (χ2n) is 7.19. The van der Waals surface area contributed by atoms with Gasteiger partial charge in [0.2, 0.25) is 0 Å².